The Labute approximate surface area is 137 Å². The van der Waals surface area contributed by atoms with Crippen molar-refractivity contribution in [3.8, 4) is 5.75 Å². The summed E-state index contributed by atoms with van der Waals surface area (Å²) >= 11 is 0. The van der Waals surface area contributed by atoms with Crippen molar-refractivity contribution in [2.45, 2.75) is 42.8 Å². The maximum atomic E-state index is 12.8. The van der Waals surface area contributed by atoms with Crippen molar-refractivity contribution in [3.05, 3.63) is 23.8 Å². The van der Waals surface area contributed by atoms with Crippen LogP contribution in [0.2, 0.25) is 0 Å². The molecule has 1 unspecified atom stereocenters. The minimum absolute atomic E-state index is 0.0721. The van der Waals surface area contributed by atoms with Crippen LogP contribution in [0.5, 0.6) is 5.75 Å². The molecule has 23 heavy (non-hydrogen) atoms. The summed E-state index contributed by atoms with van der Waals surface area (Å²) in [7, 11) is -2.13. The highest BCUT2D eigenvalue weighted by Crippen LogP contribution is 2.32. The predicted molar refractivity (Wildman–Crippen MR) is 85.1 cm³/mol. The van der Waals surface area contributed by atoms with Crippen LogP contribution in [0, 0.1) is 0 Å². The van der Waals surface area contributed by atoms with E-state index in [1.165, 1.54) is 11.4 Å². The largest absolute Gasteiger partial charge is 0.490 e. The maximum Gasteiger partial charge on any atom is 0.242 e. The van der Waals surface area contributed by atoms with E-state index in [0.717, 1.165) is 11.3 Å². The Morgan fingerprint density at radius 3 is 2.74 bits per heavy atom. The molecular formula is C16H23NO5S. The quantitative estimate of drug-likeness (QED) is 0.890. The molecule has 7 heteroatoms. The van der Waals surface area contributed by atoms with Gasteiger partial charge in [-0.15, -0.1) is 0 Å². The molecule has 128 valence electrons. The van der Waals surface area contributed by atoms with Crippen molar-refractivity contribution in [2.75, 3.05) is 26.8 Å². The van der Waals surface area contributed by atoms with Crippen LogP contribution in [-0.2, 0) is 21.2 Å². The smallest absolute Gasteiger partial charge is 0.242 e. The Hall–Kier alpha value is -1.15. The lowest BCUT2D eigenvalue weighted by Crippen LogP contribution is -2.47. The van der Waals surface area contributed by atoms with E-state index in [9.17, 15) is 13.5 Å². The Morgan fingerprint density at radius 2 is 2.04 bits per heavy atom. The third kappa shape index (κ3) is 3.38. The van der Waals surface area contributed by atoms with Crippen LogP contribution in [0.4, 0.5) is 0 Å². The van der Waals surface area contributed by atoms with E-state index < -0.39 is 15.6 Å². The number of benzene rings is 1. The summed E-state index contributed by atoms with van der Waals surface area (Å²) in [6, 6.07) is 4.96. The van der Waals surface area contributed by atoms with E-state index in [4.69, 9.17) is 9.47 Å². The number of likely N-dealkylation sites (N-methyl/N-ethyl adjacent to an activating group) is 1. The Balaban J connectivity index is 1.79. The molecule has 2 heterocycles. The summed E-state index contributed by atoms with van der Waals surface area (Å²) in [6.07, 6.45) is 1.68. The van der Waals surface area contributed by atoms with Crippen molar-refractivity contribution in [2.24, 2.45) is 0 Å². The zero-order chi connectivity index (χ0) is 16.7. The van der Waals surface area contributed by atoms with E-state index in [1.54, 1.807) is 18.2 Å². The maximum absolute atomic E-state index is 12.8. The van der Waals surface area contributed by atoms with Gasteiger partial charge in [-0.1, -0.05) is 0 Å². The van der Waals surface area contributed by atoms with E-state index in [-0.39, 0.29) is 17.5 Å². The average Bonchev–Trinajstić information content (AvgIpc) is 2.86. The summed E-state index contributed by atoms with van der Waals surface area (Å²) in [4.78, 5) is 0.243. The van der Waals surface area contributed by atoms with Gasteiger partial charge in [0.05, 0.1) is 10.5 Å². The predicted octanol–water partition coefficient (Wildman–Crippen LogP) is 1.17. The summed E-state index contributed by atoms with van der Waals surface area (Å²) in [6.45, 7) is 2.95. The summed E-state index contributed by atoms with van der Waals surface area (Å²) < 4.78 is 37.6. The number of sulfonamides is 1. The van der Waals surface area contributed by atoms with Gasteiger partial charge in [0.15, 0.2) is 0 Å². The van der Waals surface area contributed by atoms with Gasteiger partial charge in [-0.2, -0.15) is 4.31 Å². The summed E-state index contributed by atoms with van der Waals surface area (Å²) in [5, 5.41) is 10.5. The molecule has 6 nitrogen and oxygen atoms in total. The first kappa shape index (κ1) is 16.7. The number of nitrogens with zero attached hydrogens (tertiary/aromatic N) is 1. The molecule has 0 amide bonds. The minimum atomic E-state index is -3.64. The van der Waals surface area contributed by atoms with E-state index in [2.05, 4.69) is 0 Å². The first-order chi connectivity index (χ1) is 10.8. The molecule has 1 saturated heterocycles. The standard InChI is InChI=1S/C16H23NO5S/c1-12-9-13-10-14(3-4-15(13)22-12)23(19,20)17(2)11-16(18)5-7-21-8-6-16/h3-4,10,12,18H,5-9,11H2,1-2H3. The zero-order valence-corrected chi connectivity index (χ0v) is 14.3. The molecule has 2 aliphatic rings. The second kappa shape index (κ2) is 6.05. The van der Waals surface area contributed by atoms with Crippen molar-refractivity contribution in [1.29, 1.82) is 0 Å². The molecule has 1 aromatic rings. The molecule has 0 radical (unpaired) electrons. The average molecular weight is 341 g/mol. The number of fused-ring (bicyclic) bond motifs is 1. The lowest BCUT2D eigenvalue weighted by Gasteiger charge is -2.35. The van der Waals surface area contributed by atoms with Crippen LogP contribution in [-0.4, -0.2) is 56.3 Å². The molecule has 1 N–H and O–H groups in total. The number of aliphatic hydroxyl groups is 1. The van der Waals surface area contributed by atoms with Crippen LogP contribution >= 0.6 is 0 Å². The van der Waals surface area contributed by atoms with E-state index in [0.29, 0.717) is 32.5 Å². The normalized spacial score (nSPS) is 23.6. The molecule has 1 atom stereocenters. The van der Waals surface area contributed by atoms with E-state index in [1.807, 2.05) is 6.92 Å². The molecule has 0 saturated carbocycles. The van der Waals surface area contributed by atoms with Gasteiger partial charge in [0.1, 0.15) is 11.9 Å². The molecule has 1 fully saturated rings. The molecule has 3 rings (SSSR count). The van der Waals surface area contributed by atoms with Gasteiger partial charge in [-0.25, -0.2) is 8.42 Å². The Kier molecular flexibility index (Phi) is 4.39. The molecule has 0 aliphatic carbocycles. The van der Waals surface area contributed by atoms with Crippen LogP contribution in [0.3, 0.4) is 0 Å². The van der Waals surface area contributed by atoms with Crippen molar-refractivity contribution < 1.29 is 23.0 Å². The number of hydrogen-bond acceptors (Lipinski definition) is 5. The van der Waals surface area contributed by atoms with Crippen molar-refractivity contribution in [3.63, 3.8) is 0 Å². The summed E-state index contributed by atoms with van der Waals surface area (Å²) in [5.41, 5.74) is -0.106. The topological polar surface area (TPSA) is 76.1 Å². The minimum Gasteiger partial charge on any atom is -0.490 e. The molecule has 2 aliphatic heterocycles. The molecule has 0 aromatic heterocycles. The highest BCUT2D eigenvalue weighted by atomic mass is 32.2. The zero-order valence-electron chi connectivity index (χ0n) is 13.5. The molecule has 0 bridgehead atoms. The SMILES string of the molecule is CC1Cc2cc(S(=O)(=O)N(C)CC3(O)CCOCC3)ccc2O1. The molecule has 0 spiro atoms. The van der Waals surface area contributed by atoms with Gasteiger partial charge in [-0.3, -0.25) is 0 Å². The van der Waals surface area contributed by atoms with Gasteiger partial charge in [-0.05, 0) is 30.7 Å². The monoisotopic (exact) mass is 341 g/mol. The van der Waals surface area contributed by atoms with E-state index >= 15 is 0 Å². The lowest BCUT2D eigenvalue weighted by atomic mass is 9.95. The van der Waals surface area contributed by atoms with Gasteiger partial charge in [0.2, 0.25) is 10.0 Å². The Bertz CT molecular complexity index is 682. The second-order valence-electron chi connectivity index (χ2n) is 6.50. The van der Waals surface area contributed by atoms with Crippen LogP contribution in [0.15, 0.2) is 23.1 Å². The number of ether oxygens (including phenoxy) is 2. The van der Waals surface area contributed by atoms with Gasteiger partial charge in [0, 0.05) is 46.1 Å². The number of rotatable bonds is 4. The number of hydrogen-bond donors (Lipinski definition) is 1. The fourth-order valence-electron chi connectivity index (χ4n) is 3.15. The van der Waals surface area contributed by atoms with Crippen LogP contribution in [0.25, 0.3) is 0 Å². The highest BCUT2D eigenvalue weighted by molar-refractivity contribution is 7.89. The van der Waals surface area contributed by atoms with Gasteiger partial charge in [0.25, 0.3) is 0 Å². The van der Waals surface area contributed by atoms with Gasteiger partial charge >= 0.3 is 0 Å². The molecule has 1 aromatic carbocycles. The van der Waals surface area contributed by atoms with Crippen LogP contribution < -0.4 is 4.74 Å². The lowest BCUT2D eigenvalue weighted by molar-refractivity contribution is -0.0689. The van der Waals surface area contributed by atoms with Gasteiger partial charge < -0.3 is 14.6 Å². The second-order valence-corrected chi connectivity index (χ2v) is 8.54. The fraction of sp³-hybridized carbons (Fsp3) is 0.625. The van der Waals surface area contributed by atoms with Crippen LogP contribution in [0.1, 0.15) is 25.3 Å². The molecular weight excluding hydrogens is 318 g/mol. The Morgan fingerprint density at radius 1 is 1.35 bits per heavy atom. The third-order valence-corrected chi connectivity index (χ3v) is 6.32. The third-order valence-electron chi connectivity index (χ3n) is 4.52. The summed E-state index contributed by atoms with van der Waals surface area (Å²) in [5.74, 6) is 0.752. The first-order valence-corrected chi connectivity index (χ1v) is 9.30. The highest BCUT2D eigenvalue weighted by Gasteiger charge is 2.35. The van der Waals surface area contributed by atoms with Crippen molar-refractivity contribution in [1.82, 2.24) is 4.31 Å². The fourth-order valence-corrected chi connectivity index (χ4v) is 4.45. The van der Waals surface area contributed by atoms with Crippen molar-refractivity contribution >= 4 is 10.0 Å². The first-order valence-electron chi connectivity index (χ1n) is 7.86.